The topological polar surface area (TPSA) is 56.3 Å². The Kier molecular flexibility index (Phi) is 3.51. The minimum atomic E-state index is 0.0651. The summed E-state index contributed by atoms with van der Waals surface area (Å²) in [4.78, 5) is 2.32. The second-order valence-electron chi connectivity index (χ2n) is 4.78. The van der Waals surface area contributed by atoms with Gasteiger partial charge in [-0.3, -0.25) is 9.58 Å². The lowest BCUT2D eigenvalue weighted by molar-refractivity contribution is -0.0580. The minimum absolute atomic E-state index is 0.0651. The molecule has 2 unspecified atom stereocenters. The van der Waals surface area contributed by atoms with Crippen molar-refractivity contribution in [3.05, 3.63) is 17.0 Å². The summed E-state index contributed by atoms with van der Waals surface area (Å²) in [7, 11) is 4.11. The second kappa shape index (κ2) is 4.76. The van der Waals surface area contributed by atoms with E-state index in [0.717, 1.165) is 18.8 Å². The highest BCUT2D eigenvalue weighted by atomic mass is 16.5. The van der Waals surface area contributed by atoms with Crippen LogP contribution in [0.25, 0.3) is 0 Å². The van der Waals surface area contributed by atoms with Gasteiger partial charge < -0.3 is 10.5 Å². The Balaban J connectivity index is 2.41. The number of nitrogens with two attached hydrogens (primary N) is 1. The molecule has 2 heterocycles. The predicted octanol–water partition coefficient (Wildman–Crippen LogP) is 0.367. The molecular formula is C12H22N4O. The van der Waals surface area contributed by atoms with Gasteiger partial charge in [0.05, 0.1) is 24.4 Å². The minimum Gasteiger partial charge on any atom is -0.374 e. The van der Waals surface area contributed by atoms with Crippen LogP contribution in [0.3, 0.4) is 0 Å². The van der Waals surface area contributed by atoms with E-state index in [2.05, 4.69) is 30.9 Å². The normalized spacial score (nSPS) is 26.4. The fourth-order valence-electron chi connectivity index (χ4n) is 2.68. The van der Waals surface area contributed by atoms with E-state index >= 15 is 0 Å². The zero-order valence-electron chi connectivity index (χ0n) is 11.1. The monoisotopic (exact) mass is 238 g/mol. The van der Waals surface area contributed by atoms with Gasteiger partial charge in [-0.1, -0.05) is 0 Å². The number of morpholine rings is 1. The van der Waals surface area contributed by atoms with Crippen molar-refractivity contribution >= 4 is 0 Å². The summed E-state index contributed by atoms with van der Waals surface area (Å²) in [5.41, 5.74) is 9.36. The van der Waals surface area contributed by atoms with Gasteiger partial charge in [0.25, 0.3) is 0 Å². The van der Waals surface area contributed by atoms with E-state index < -0.39 is 0 Å². The van der Waals surface area contributed by atoms with Crippen LogP contribution in [0, 0.1) is 13.8 Å². The molecule has 1 fully saturated rings. The van der Waals surface area contributed by atoms with E-state index in [1.54, 1.807) is 0 Å². The van der Waals surface area contributed by atoms with Crippen LogP contribution in [-0.2, 0) is 11.8 Å². The molecule has 2 rings (SSSR count). The lowest BCUT2D eigenvalue weighted by Gasteiger charge is -2.39. The molecule has 0 bridgehead atoms. The fraction of sp³-hybridized carbons (Fsp3) is 0.750. The van der Waals surface area contributed by atoms with E-state index in [4.69, 9.17) is 10.5 Å². The summed E-state index contributed by atoms with van der Waals surface area (Å²) in [6.07, 6.45) is 0.0651. The highest BCUT2D eigenvalue weighted by Crippen LogP contribution is 2.31. The first-order valence-corrected chi connectivity index (χ1v) is 6.08. The number of hydrogen-bond acceptors (Lipinski definition) is 4. The average molecular weight is 238 g/mol. The molecule has 0 radical (unpaired) electrons. The van der Waals surface area contributed by atoms with Crippen molar-refractivity contribution in [1.29, 1.82) is 0 Å². The maximum atomic E-state index is 5.82. The Labute approximate surface area is 103 Å². The Morgan fingerprint density at radius 2 is 2.12 bits per heavy atom. The molecule has 1 saturated heterocycles. The van der Waals surface area contributed by atoms with Crippen molar-refractivity contribution < 1.29 is 4.74 Å². The van der Waals surface area contributed by atoms with Crippen LogP contribution in [0.5, 0.6) is 0 Å². The van der Waals surface area contributed by atoms with Crippen LogP contribution in [-0.4, -0.2) is 47.5 Å². The molecule has 1 aromatic heterocycles. The third-order valence-corrected chi connectivity index (χ3v) is 3.70. The molecule has 5 nitrogen and oxygen atoms in total. The largest absolute Gasteiger partial charge is 0.374 e. The zero-order chi connectivity index (χ0) is 12.6. The van der Waals surface area contributed by atoms with E-state index in [9.17, 15) is 0 Å². The number of ether oxygens (including phenoxy) is 1. The van der Waals surface area contributed by atoms with Crippen molar-refractivity contribution in [2.24, 2.45) is 12.8 Å². The predicted molar refractivity (Wildman–Crippen MR) is 66.8 cm³/mol. The molecule has 96 valence electrons. The molecule has 0 amide bonds. The molecule has 2 N–H and O–H groups in total. The second-order valence-corrected chi connectivity index (χ2v) is 4.78. The van der Waals surface area contributed by atoms with Crippen LogP contribution < -0.4 is 5.73 Å². The quantitative estimate of drug-likeness (QED) is 0.808. The molecule has 0 spiro atoms. The lowest BCUT2D eigenvalue weighted by atomic mass is 9.96. The van der Waals surface area contributed by atoms with Gasteiger partial charge >= 0.3 is 0 Å². The van der Waals surface area contributed by atoms with E-state index in [1.165, 1.54) is 11.3 Å². The summed E-state index contributed by atoms with van der Waals surface area (Å²) >= 11 is 0. The Morgan fingerprint density at radius 3 is 2.65 bits per heavy atom. The van der Waals surface area contributed by atoms with Gasteiger partial charge in [-0.05, 0) is 20.9 Å². The van der Waals surface area contributed by atoms with Gasteiger partial charge in [-0.15, -0.1) is 0 Å². The van der Waals surface area contributed by atoms with Crippen LogP contribution >= 0.6 is 0 Å². The summed E-state index contributed by atoms with van der Waals surface area (Å²) < 4.78 is 7.71. The van der Waals surface area contributed by atoms with Crippen LogP contribution in [0.15, 0.2) is 0 Å². The standard InChI is InChI=1S/C12H22N4O/c1-8-11(9(2)16(4)14-8)12-10(7-13)17-6-5-15(12)3/h10,12H,5-7,13H2,1-4H3. The summed E-state index contributed by atoms with van der Waals surface area (Å²) in [6.45, 7) is 6.40. The summed E-state index contributed by atoms with van der Waals surface area (Å²) in [6, 6.07) is 0.224. The molecule has 5 heteroatoms. The molecule has 2 atom stereocenters. The maximum Gasteiger partial charge on any atom is 0.0895 e. The number of aryl methyl sites for hydroxylation is 2. The van der Waals surface area contributed by atoms with Crippen molar-refractivity contribution in [2.75, 3.05) is 26.7 Å². The van der Waals surface area contributed by atoms with E-state index in [-0.39, 0.29) is 12.1 Å². The summed E-state index contributed by atoms with van der Waals surface area (Å²) in [5, 5.41) is 4.48. The molecule has 1 aromatic rings. The zero-order valence-corrected chi connectivity index (χ0v) is 11.1. The smallest absolute Gasteiger partial charge is 0.0895 e. The molecule has 0 aromatic carbocycles. The molecule has 17 heavy (non-hydrogen) atoms. The van der Waals surface area contributed by atoms with Crippen molar-refractivity contribution in [1.82, 2.24) is 14.7 Å². The third-order valence-electron chi connectivity index (χ3n) is 3.70. The van der Waals surface area contributed by atoms with Gasteiger partial charge in [0.1, 0.15) is 0 Å². The van der Waals surface area contributed by atoms with Gasteiger partial charge in [0.2, 0.25) is 0 Å². The highest BCUT2D eigenvalue weighted by molar-refractivity contribution is 5.29. The van der Waals surface area contributed by atoms with Gasteiger partial charge in [-0.25, -0.2) is 0 Å². The maximum absolute atomic E-state index is 5.82. The van der Waals surface area contributed by atoms with Crippen LogP contribution in [0.4, 0.5) is 0 Å². The number of nitrogens with zero attached hydrogens (tertiary/aromatic N) is 3. The first-order chi connectivity index (χ1) is 8.06. The van der Waals surface area contributed by atoms with Crippen molar-refractivity contribution in [3.63, 3.8) is 0 Å². The SMILES string of the molecule is Cc1nn(C)c(C)c1C1C(CN)OCCN1C. The number of likely N-dealkylation sites (N-methyl/N-ethyl adjacent to an activating group) is 1. The molecule has 1 aliphatic rings. The van der Waals surface area contributed by atoms with Gasteiger partial charge in [0.15, 0.2) is 0 Å². The Morgan fingerprint density at radius 1 is 1.41 bits per heavy atom. The third kappa shape index (κ3) is 2.10. The highest BCUT2D eigenvalue weighted by Gasteiger charge is 2.34. The van der Waals surface area contributed by atoms with Crippen molar-refractivity contribution in [3.8, 4) is 0 Å². The average Bonchev–Trinajstić information content (AvgIpc) is 2.54. The van der Waals surface area contributed by atoms with Gasteiger partial charge in [-0.2, -0.15) is 5.10 Å². The molecular weight excluding hydrogens is 216 g/mol. The summed E-state index contributed by atoms with van der Waals surface area (Å²) in [5.74, 6) is 0. The van der Waals surface area contributed by atoms with Crippen LogP contribution in [0.1, 0.15) is 23.0 Å². The molecule has 0 aliphatic carbocycles. The first-order valence-electron chi connectivity index (χ1n) is 6.08. The van der Waals surface area contributed by atoms with E-state index in [0.29, 0.717) is 6.54 Å². The number of hydrogen-bond donors (Lipinski definition) is 1. The van der Waals surface area contributed by atoms with Gasteiger partial charge in [0, 0.05) is 31.4 Å². The first kappa shape index (κ1) is 12.5. The molecule has 1 aliphatic heterocycles. The number of rotatable bonds is 2. The van der Waals surface area contributed by atoms with E-state index in [1.807, 2.05) is 11.7 Å². The number of aromatic nitrogens is 2. The fourth-order valence-corrected chi connectivity index (χ4v) is 2.68. The Hall–Kier alpha value is -0.910. The van der Waals surface area contributed by atoms with Crippen molar-refractivity contribution in [2.45, 2.75) is 26.0 Å². The van der Waals surface area contributed by atoms with Crippen LogP contribution in [0.2, 0.25) is 0 Å². The lowest BCUT2D eigenvalue weighted by Crippen LogP contribution is -2.46. The molecule has 0 saturated carbocycles. The Bertz CT molecular complexity index is 401.